The molecule has 1 rings (SSSR count). The summed E-state index contributed by atoms with van der Waals surface area (Å²) in [6.45, 7) is 4.03. The van der Waals surface area contributed by atoms with Crippen LogP contribution in [-0.2, 0) is 10.3 Å². The summed E-state index contributed by atoms with van der Waals surface area (Å²) in [6.07, 6.45) is 1.52. The first-order valence-corrected chi connectivity index (χ1v) is 6.49. The van der Waals surface area contributed by atoms with E-state index in [1.54, 1.807) is 7.11 Å². The number of halogens is 3. The summed E-state index contributed by atoms with van der Waals surface area (Å²) in [5.41, 5.74) is -0.520. The Morgan fingerprint density at radius 1 is 1.19 bits per heavy atom. The standard InChI is InChI=1S/C10H13BrCl2N2O/c1-4-10(5-2,16-3)9-14-7(12)6(11)8(13)15-9/h4-5H2,1-3H3. The second-order valence-corrected chi connectivity index (χ2v) is 4.86. The first-order chi connectivity index (χ1) is 7.50. The third-order valence-corrected chi connectivity index (χ3v) is 4.47. The number of rotatable bonds is 4. The molecule has 0 aliphatic rings. The minimum atomic E-state index is -0.520. The van der Waals surface area contributed by atoms with E-state index in [4.69, 9.17) is 27.9 Å². The summed E-state index contributed by atoms with van der Waals surface area (Å²) in [6, 6.07) is 0. The fourth-order valence-electron chi connectivity index (χ4n) is 1.54. The molecule has 0 spiro atoms. The highest BCUT2D eigenvalue weighted by Gasteiger charge is 2.32. The predicted octanol–water partition coefficient (Wildman–Crippen LogP) is 4.21. The van der Waals surface area contributed by atoms with Crippen molar-refractivity contribution in [2.45, 2.75) is 32.3 Å². The molecule has 0 atom stereocenters. The summed E-state index contributed by atoms with van der Waals surface area (Å²) in [7, 11) is 1.64. The molecule has 0 aliphatic carbocycles. The van der Waals surface area contributed by atoms with Gasteiger partial charge in [-0.25, -0.2) is 9.97 Å². The van der Waals surface area contributed by atoms with Gasteiger partial charge >= 0.3 is 0 Å². The number of methoxy groups -OCH3 is 1. The van der Waals surface area contributed by atoms with Crippen molar-refractivity contribution in [3.8, 4) is 0 Å². The van der Waals surface area contributed by atoms with Gasteiger partial charge in [-0.05, 0) is 28.8 Å². The van der Waals surface area contributed by atoms with E-state index in [1.165, 1.54) is 0 Å². The molecule has 0 aliphatic heterocycles. The molecule has 1 aromatic heterocycles. The minimum Gasteiger partial charge on any atom is -0.370 e. The van der Waals surface area contributed by atoms with Gasteiger partial charge in [0.1, 0.15) is 15.9 Å². The largest absolute Gasteiger partial charge is 0.370 e. The zero-order valence-corrected chi connectivity index (χ0v) is 12.4. The topological polar surface area (TPSA) is 35.0 Å². The van der Waals surface area contributed by atoms with Crippen LogP contribution in [0.4, 0.5) is 0 Å². The normalized spacial score (nSPS) is 11.9. The van der Waals surface area contributed by atoms with E-state index in [0.29, 0.717) is 20.6 Å². The van der Waals surface area contributed by atoms with Crippen molar-refractivity contribution in [2.24, 2.45) is 0 Å². The first-order valence-electron chi connectivity index (χ1n) is 4.95. The zero-order valence-electron chi connectivity index (χ0n) is 9.35. The van der Waals surface area contributed by atoms with Crippen molar-refractivity contribution in [1.29, 1.82) is 0 Å². The van der Waals surface area contributed by atoms with Gasteiger partial charge < -0.3 is 4.74 Å². The van der Waals surface area contributed by atoms with Gasteiger partial charge in [-0.15, -0.1) is 0 Å². The van der Waals surface area contributed by atoms with Crippen LogP contribution in [0.5, 0.6) is 0 Å². The van der Waals surface area contributed by atoms with E-state index in [-0.39, 0.29) is 0 Å². The number of aromatic nitrogens is 2. The lowest BCUT2D eigenvalue weighted by Gasteiger charge is -2.28. The molecule has 0 aromatic carbocycles. The highest BCUT2D eigenvalue weighted by molar-refractivity contribution is 9.10. The Bertz CT molecular complexity index is 352. The molecule has 1 heterocycles. The maximum Gasteiger partial charge on any atom is 0.163 e. The number of nitrogens with zero attached hydrogens (tertiary/aromatic N) is 2. The van der Waals surface area contributed by atoms with E-state index in [9.17, 15) is 0 Å². The first kappa shape index (κ1) is 14.2. The predicted molar refractivity (Wildman–Crippen MR) is 69.0 cm³/mol. The molecule has 0 N–H and O–H groups in total. The molecule has 1 aromatic rings. The van der Waals surface area contributed by atoms with Crippen molar-refractivity contribution in [3.05, 3.63) is 20.6 Å². The summed E-state index contributed by atoms with van der Waals surface area (Å²) in [5, 5.41) is 0.608. The van der Waals surface area contributed by atoms with Crippen molar-refractivity contribution < 1.29 is 4.74 Å². The molecule has 6 heteroatoms. The van der Waals surface area contributed by atoms with E-state index >= 15 is 0 Å². The van der Waals surface area contributed by atoms with E-state index in [2.05, 4.69) is 25.9 Å². The van der Waals surface area contributed by atoms with Gasteiger partial charge in [0.2, 0.25) is 0 Å². The number of hydrogen-bond donors (Lipinski definition) is 0. The van der Waals surface area contributed by atoms with Crippen LogP contribution in [0.3, 0.4) is 0 Å². The van der Waals surface area contributed by atoms with Crippen molar-refractivity contribution >= 4 is 39.1 Å². The van der Waals surface area contributed by atoms with Crippen molar-refractivity contribution in [2.75, 3.05) is 7.11 Å². The fourth-order valence-corrected chi connectivity index (χ4v) is 2.11. The van der Waals surface area contributed by atoms with Crippen LogP contribution in [0, 0.1) is 0 Å². The van der Waals surface area contributed by atoms with Crippen LogP contribution in [0.2, 0.25) is 10.3 Å². The lowest BCUT2D eigenvalue weighted by atomic mass is 9.96. The highest BCUT2D eigenvalue weighted by Crippen LogP contribution is 2.34. The van der Waals surface area contributed by atoms with Gasteiger partial charge in [0.15, 0.2) is 5.82 Å². The average molecular weight is 328 g/mol. The van der Waals surface area contributed by atoms with Gasteiger partial charge in [0.05, 0.1) is 4.47 Å². The summed E-state index contributed by atoms with van der Waals surface area (Å²) >= 11 is 15.1. The van der Waals surface area contributed by atoms with Gasteiger partial charge in [0, 0.05) is 7.11 Å². The second-order valence-electron chi connectivity index (χ2n) is 3.35. The number of hydrogen-bond acceptors (Lipinski definition) is 3. The Morgan fingerprint density at radius 3 is 1.94 bits per heavy atom. The Labute approximate surface area is 114 Å². The van der Waals surface area contributed by atoms with Crippen LogP contribution in [0.1, 0.15) is 32.5 Å². The van der Waals surface area contributed by atoms with E-state index < -0.39 is 5.60 Å². The van der Waals surface area contributed by atoms with Crippen LogP contribution < -0.4 is 0 Å². The molecule has 3 nitrogen and oxygen atoms in total. The Hall–Kier alpha value is 0.1000. The Kier molecular flexibility index (Phi) is 4.98. The molecular weight excluding hydrogens is 315 g/mol. The van der Waals surface area contributed by atoms with Crippen LogP contribution in [0.25, 0.3) is 0 Å². The third-order valence-electron chi connectivity index (χ3n) is 2.71. The lowest BCUT2D eigenvalue weighted by molar-refractivity contribution is -0.0291. The number of ether oxygens (including phenoxy) is 1. The quantitative estimate of drug-likeness (QED) is 0.777. The van der Waals surface area contributed by atoms with Crippen molar-refractivity contribution in [3.63, 3.8) is 0 Å². The average Bonchev–Trinajstić information content (AvgIpc) is 2.29. The summed E-state index contributed by atoms with van der Waals surface area (Å²) in [4.78, 5) is 8.43. The van der Waals surface area contributed by atoms with E-state index in [1.807, 2.05) is 13.8 Å². The molecule has 0 saturated carbocycles. The maximum atomic E-state index is 5.96. The monoisotopic (exact) mass is 326 g/mol. The van der Waals surface area contributed by atoms with Crippen LogP contribution in [-0.4, -0.2) is 17.1 Å². The highest BCUT2D eigenvalue weighted by atomic mass is 79.9. The molecular formula is C10H13BrCl2N2O. The molecule has 0 unspecified atom stereocenters. The molecule has 90 valence electrons. The smallest absolute Gasteiger partial charge is 0.163 e. The second kappa shape index (κ2) is 5.63. The van der Waals surface area contributed by atoms with Gasteiger partial charge in [-0.2, -0.15) is 0 Å². The SMILES string of the molecule is CCC(CC)(OC)c1nc(Cl)c(Br)c(Cl)n1. The van der Waals surface area contributed by atoms with E-state index in [0.717, 1.165) is 12.8 Å². The molecule has 0 radical (unpaired) electrons. The van der Waals surface area contributed by atoms with Gasteiger partial charge in [-0.1, -0.05) is 37.0 Å². The molecule has 0 saturated heterocycles. The fraction of sp³-hybridized carbons (Fsp3) is 0.600. The molecule has 0 fully saturated rings. The van der Waals surface area contributed by atoms with Gasteiger partial charge in [-0.3, -0.25) is 0 Å². The van der Waals surface area contributed by atoms with Gasteiger partial charge in [0.25, 0.3) is 0 Å². The maximum absolute atomic E-state index is 5.96. The van der Waals surface area contributed by atoms with Crippen molar-refractivity contribution in [1.82, 2.24) is 9.97 Å². The Balaban J connectivity index is 3.31. The zero-order chi connectivity index (χ0) is 12.3. The third kappa shape index (κ3) is 2.50. The summed E-state index contributed by atoms with van der Waals surface area (Å²) in [5.74, 6) is 0.526. The lowest BCUT2D eigenvalue weighted by Crippen LogP contribution is -2.29. The van der Waals surface area contributed by atoms with Crippen LogP contribution >= 0.6 is 39.1 Å². The summed E-state index contributed by atoms with van der Waals surface area (Å²) < 4.78 is 6.03. The Morgan fingerprint density at radius 2 is 1.62 bits per heavy atom. The minimum absolute atomic E-state index is 0.304. The molecule has 0 amide bonds. The molecule has 0 bridgehead atoms. The van der Waals surface area contributed by atoms with Crippen LogP contribution in [0.15, 0.2) is 4.47 Å². The molecule has 16 heavy (non-hydrogen) atoms.